The first kappa shape index (κ1) is 40.8. The maximum atomic E-state index is 12.4. The molecular formula is C29H43NO14Si. The van der Waals surface area contributed by atoms with E-state index in [-0.39, 0.29) is 44.1 Å². The highest BCUT2D eigenvalue weighted by Gasteiger charge is 2.22. The van der Waals surface area contributed by atoms with E-state index in [0.717, 1.165) is 6.08 Å². The van der Waals surface area contributed by atoms with Gasteiger partial charge in [-0.2, -0.15) is 0 Å². The Morgan fingerprint density at radius 2 is 1.31 bits per heavy atom. The van der Waals surface area contributed by atoms with Crippen molar-refractivity contribution in [2.45, 2.75) is 64.3 Å². The van der Waals surface area contributed by atoms with Crippen LogP contribution in [0.2, 0.25) is 12.6 Å². The molecule has 0 aliphatic rings. The SMILES string of the molecule is C=CC(=O)OCCCNC(=O)OC(COCCC[Si](C)=O)COC(=O)CCC(=O)OC(COC(=O)C(=C)C)COC(=O)C(=C)C. The molecule has 1 atom stereocenters. The quantitative estimate of drug-likeness (QED) is 0.0521. The maximum absolute atomic E-state index is 12.4. The van der Waals surface area contributed by atoms with E-state index in [9.17, 15) is 33.2 Å². The number of ether oxygens (including phenoxy) is 7. The van der Waals surface area contributed by atoms with E-state index in [2.05, 4.69) is 25.1 Å². The van der Waals surface area contributed by atoms with Crippen molar-refractivity contribution in [1.82, 2.24) is 5.32 Å². The minimum atomic E-state index is -1.66. The van der Waals surface area contributed by atoms with Crippen LogP contribution >= 0.6 is 0 Å². The van der Waals surface area contributed by atoms with E-state index < -0.39 is 82.9 Å². The summed E-state index contributed by atoms with van der Waals surface area (Å²) in [6, 6.07) is 0.492. The van der Waals surface area contributed by atoms with Crippen LogP contribution in [0, 0.1) is 0 Å². The minimum Gasteiger partial charge on any atom is -0.462 e. The Bertz CT molecular complexity index is 1040. The number of carbonyl (C=O) groups excluding carboxylic acids is 6. The molecule has 0 fully saturated rings. The predicted molar refractivity (Wildman–Crippen MR) is 158 cm³/mol. The minimum absolute atomic E-state index is 0.0539. The van der Waals surface area contributed by atoms with Gasteiger partial charge >= 0.3 is 35.9 Å². The molecule has 45 heavy (non-hydrogen) atoms. The normalized spacial score (nSPS) is 10.9. The van der Waals surface area contributed by atoms with Gasteiger partial charge in [-0.1, -0.05) is 19.7 Å². The fourth-order valence-corrected chi connectivity index (χ4v) is 3.49. The number of esters is 5. The fourth-order valence-electron chi connectivity index (χ4n) is 2.85. The summed E-state index contributed by atoms with van der Waals surface area (Å²) >= 11 is 0. The predicted octanol–water partition coefficient (Wildman–Crippen LogP) is 2.13. The van der Waals surface area contributed by atoms with Crippen molar-refractivity contribution in [3.05, 3.63) is 37.0 Å². The van der Waals surface area contributed by atoms with Crippen molar-refractivity contribution in [3.8, 4) is 0 Å². The van der Waals surface area contributed by atoms with E-state index in [1.54, 1.807) is 6.55 Å². The zero-order valence-electron chi connectivity index (χ0n) is 26.1. The lowest BCUT2D eigenvalue weighted by molar-refractivity contribution is -0.165. The lowest BCUT2D eigenvalue weighted by Crippen LogP contribution is -2.35. The van der Waals surface area contributed by atoms with Gasteiger partial charge in [-0.05, 0) is 39.3 Å². The molecule has 252 valence electrons. The molecule has 0 radical (unpaired) electrons. The summed E-state index contributed by atoms with van der Waals surface area (Å²) in [6.07, 6.45) is -1.97. The van der Waals surface area contributed by atoms with Crippen LogP contribution in [0.1, 0.15) is 39.5 Å². The molecule has 1 amide bonds. The third-order valence-electron chi connectivity index (χ3n) is 5.16. The smallest absolute Gasteiger partial charge is 0.407 e. The summed E-state index contributed by atoms with van der Waals surface area (Å²) in [5.41, 5.74) is 0.216. The summed E-state index contributed by atoms with van der Waals surface area (Å²) in [5.74, 6) is -3.75. The summed E-state index contributed by atoms with van der Waals surface area (Å²) in [5, 5.41) is 2.47. The molecule has 0 aliphatic heterocycles. The van der Waals surface area contributed by atoms with Crippen LogP contribution in [0.3, 0.4) is 0 Å². The van der Waals surface area contributed by atoms with Crippen LogP contribution in [0.15, 0.2) is 37.0 Å². The topological polar surface area (TPSA) is 196 Å². The largest absolute Gasteiger partial charge is 0.462 e. The molecule has 0 aromatic rings. The summed E-state index contributed by atoms with van der Waals surface area (Å²) in [6.45, 7) is 13.7. The molecule has 0 aliphatic carbocycles. The molecule has 16 heteroatoms. The Morgan fingerprint density at radius 3 is 1.87 bits per heavy atom. The van der Waals surface area contributed by atoms with Gasteiger partial charge in [0.2, 0.25) is 0 Å². The highest BCUT2D eigenvalue weighted by molar-refractivity contribution is 6.40. The van der Waals surface area contributed by atoms with Crippen LogP contribution in [-0.2, 0) is 61.6 Å². The first-order valence-electron chi connectivity index (χ1n) is 14.1. The van der Waals surface area contributed by atoms with Crippen molar-refractivity contribution < 1.29 is 66.4 Å². The van der Waals surface area contributed by atoms with Gasteiger partial charge in [0.05, 0.1) is 26.1 Å². The van der Waals surface area contributed by atoms with Crippen LogP contribution in [-0.4, -0.2) is 103 Å². The monoisotopic (exact) mass is 657 g/mol. The Balaban J connectivity index is 4.88. The summed E-state index contributed by atoms with van der Waals surface area (Å²) < 4.78 is 47.1. The highest BCUT2D eigenvalue weighted by atomic mass is 28.3. The van der Waals surface area contributed by atoms with Crippen LogP contribution in [0.5, 0.6) is 0 Å². The van der Waals surface area contributed by atoms with Crippen molar-refractivity contribution >= 4 is 44.6 Å². The molecular weight excluding hydrogens is 614 g/mol. The van der Waals surface area contributed by atoms with E-state index in [4.69, 9.17) is 33.2 Å². The van der Waals surface area contributed by atoms with Gasteiger partial charge in [0.1, 0.15) is 19.8 Å². The summed E-state index contributed by atoms with van der Waals surface area (Å²) in [4.78, 5) is 71.3. The molecule has 0 heterocycles. The van der Waals surface area contributed by atoms with Crippen LogP contribution < -0.4 is 5.32 Å². The number of nitrogens with one attached hydrogen (secondary N) is 1. The van der Waals surface area contributed by atoms with Gasteiger partial charge in [0.25, 0.3) is 8.68 Å². The second-order valence-corrected chi connectivity index (χ2v) is 11.5. The van der Waals surface area contributed by atoms with Gasteiger partial charge in [-0.15, -0.1) is 0 Å². The van der Waals surface area contributed by atoms with E-state index >= 15 is 0 Å². The molecule has 0 saturated carbocycles. The van der Waals surface area contributed by atoms with Gasteiger partial charge in [0.15, 0.2) is 12.2 Å². The van der Waals surface area contributed by atoms with E-state index in [1.165, 1.54) is 13.8 Å². The van der Waals surface area contributed by atoms with E-state index in [0.29, 0.717) is 18.9 Å². The third kappa shape index (κ3) is 22.9. The molecule has 0 aromatic carbocycles. The second kappa shape index (κ2) is 24.2. The average Bonchev–Trinajstić information content (AvgIpc) is 2.98. The Kier molecular flexibility index (Phi) is 21.9. The molecule has 0 saturated heterocycles. The zero-order chi connectivity index (χ0) is 34.2. The number of rotatable bonds is 24. The number of hydrogen-bond acceptors (Lipinski definition) is 14. The lowest BCUT2D eigenvalue weighted by Gasteiger charge is -2.19. The first-order valence-corrected chi connectivity index (χ1v) is 16.2. The Labute approximate surface area is 263 Å². The van der Waals surface area contributed by atoms with Gasteiger partial charge in [0, 0.05) is 30.4 Å². The zero-order valence-corrected chi connectivity index (χ0v) is 27.1. The molecule has 0 aromatic heterocycles. The fraction of sp³-hybridized carbons (Fsp3) is 0.586. The van der Waals surface area contributed by atoms with Gasteiger partial charge in [-0.25, -0.2) is 19.2 Å². The van der Waals surface area contributed by atoms with Crippen molar-refractivity contribution in [2.75, 3.05) is 46.2 Å². The average molecular weight is 658 g/mol. The third-order valence-corrected chi connectivity index (χ3v) is 6.21. The maximum Gasteiger partial charge on any atom is 0.407 e. The molecule has 0 rings (SSSR count). The Hall–Kier alpha value is -4.18. The molecule has 0 bridgehead atoms. The highest BCUT2D eigenvalue weighted by Crippen LogP contribution is 2.06. The number of alkyl carbamates (subject to hydrolysis) is 1. The van der Waals surface area contributed by atoms with Crippen LogP contribution in [0.4, 0.5) is 4.79 Å². The van der Waals surface area contributed by atoms with Gasteiger partial charge < -0.3 is 42.9 Å². The van der Waals surface area contributed by atoms with Gasteiger partial charge in [-0.3, -0.25) is 9.59 Å². The first-order chi connectivity index (χ1) is 21.2. The van der Waals surface area contributed by atoms with Crippen molar-refractivity contribution in [2.24, 2.45) is 0 Å². The lowest BCUT2D eigenvalue weighted by atomic mass is 10.3. The molecule has 1 N–H and O–H groups in total. The van der Waals surface area contributed by atoms with E-state index in [1.807, 2.05) is 0 Å². The molecule has 15 nitrogen and oxygen atoms in total. The van der Waals surface area contributed by atoms with Crippen molar-refractivity contribution in [3.63, 3.8) is 0 Å². The molecule has 1 unspecified atom stereocenters. The second-order valence-electron chi connectivity index (χ2n) is 9.61. The number of carbonyl (C=O) groups is 6. The Morgan fingerprint density at radius 1 is 0.756 bits per heavy atom. The molecule has 0 spiro atoms. The standard InChI is InChI=1S/C29H43NO14Si/c1-7-24(31)39-14-8-12-30-29(36)44-22(16-38-13-9-15-45(6)37)17-40-25(32)10-11-26(33)43-23(18-41-27(34)20(2)3)19-42-28(35)21(4)5/h7,22-23H,1-2,4,8-19H2,3,5-6H3,(H,30,36). The number of amides is 1. The summed E-state index contributed by atoms with van der Waals surface area (Å²) in [7, 11) is -1.66. The number of hydrogen-bond donors (Lipinski definition) is 1. The van der Waals surface area contributed by atoms with Crippen molar-refractivity contribution in [1.29, 1.82) is 0 Å². The van der Waals surface area contributed by atoms with Crippen LogP contribution in [0.25, 0.3) is 0 Å².